The smallest absolute Gasteiger partial charge is 0.186 e. The Morgan fingerprint density at radius 2 is 2.20 bits per heavy atom. The first-order valence-electron chi connectivity index (χ1n) is 2.55. The fourth-order valence-electron chi connectivity index (χ4n) is 0.540. The molecule has 0 unspecified atom stereocenters. The second kappa shape index (κ2) is 2.60. The van der Waals surface area contributed by atoms with Gasteiger partial charge in [-0.2, -0.15) is 20.8 Å². The molecule has 0 radical (unpaired) electrons. The van der Waals surface area contributed by atoms with Crippen LogP contribution in [0.2, 0.25) is 0 Å². The lowest BCUT2D eigenvalue weighted by Gasteiger charge is -1.78. The van der Waals surface area contributed by atoms with E-state index in [0.717, 1.165) is 0 Å². The lowest BCUT2D eigenvalue weighted by atomic mass is 10.3. The van der Waals surface area contributed by atoms with Crippen LogP contribution in [0, 0.1) is 22.7 Å². The Morgan fingerprint density at radius 1 is 1.40 bits per heavy atom. The number of aromatic amines is 1. The van der Waals surface area contributed by atoms with Crippen molar-refractivity contribution in [2.24, 2.45) is 0 Å². The molecule has 0 saturated carbocycles. The van der Waals surface area contributed by atoms with Gasteiger partial charge in [0.25, 0.3) is 0 Å². The second-order valence-electron chi connectivity index (χ2n) is 1.57. The largest absolute Gasteiger partial charge is 0.198 e. The van der Waals surface area contributed by atoms with Gasteiger partial charge in [0.2, 0.25) is 0 Å². The van der Waals surface area contributed by atoms with Crippen molar-refractivity contribution in [1.82, 2.24) is 15.4 Å². The van der Waals surface area contributed by atoms with Gasteiger partial charge in [0, 0.05) is 0 Å². The SMILES string of the molecule is N#CCc1n[nH]nc1C#N. The van der Waals surface area contributed by atoms with Gasteiger partial charge in [-0.05, 0) is 0 Å². The molecule has 0 saturated heterocycles. The van der Waals surface area contributed by atoms with Crippen LogP contribution in [0.3, 0.4) is 0 Å². The van der Waals surface area contributed by atoms with Gasteiger partial charge in [-0.15, -0.1) is 5.10 Å². The van der Waals surface area contributed by atoms with Crippen molar-refractivity contribution in [1.29, 1.82) is 10.5 Å². The minimum Gasteiger partial charge on any atom is -0.198 e. The maximum Gasteiger partial charge on any atom is 0.186 e. The zero-order chi connectivity index (χ0) is 7.40. The van der Waals surface area contributed by atoms with E-state index in [1.165, 1.54) is 0 Å². The van der Waals surface area contributed by atoms with Gasteiger partial charge < -0.3 is 0 Å². The maximum absolute atomic E-state index is 8.35. The molecule has 0 spiro atoms. The molecule has 1 aromatic rings. The monoisotopic (exact) mass is 133 g/mol. The van der Waals surface area contributed by atoms with Crippen LogP contribution in [-0.4, -0.2) is 15.4 Å². The van der Waals surface area contributed by atoms with E-state index in [1.54, 1.807) is 6.07 Å². The van der Waals surface area contributed by atoms with Crippen molar-refractivity contribution < 1.29 is 0 Å². The van der Waals surface area contributed by atoms with Gasteiger partial charge in [0.15, 0.2) is 5.69 Å². The lowest BCUT2D eigenvalue weighted by Crippen LogP contribution is -1.85. The van der Waals surface area contributed by atoms with Crippen LogP contribution in [0.5, 0.6) is 0 Å². The van der Waals surface area contributed by atoms with Crippen LogP contribution in [0.15, 0.2) is 0 Å². The summed E-state index contributed by atoms with van der Waals surface area (Å²) < 4.78 is 0. The molecule has 0 aliphatic heterocycles. The summed E-state index contributed by atoms with van der Waals surface area (Å²) in [5.41, 5.74) is 0.603. The molecule has 0 aromatic carbocycles. The summed E-state index contributed by atoms with van der Waals surface area (Å²) in [5.74, 6) is 0. The average Bonchev–Trinajstić information content (AvgIpc) is 2.36. The zero-order valence-electron chi connectivity index (χ0n) is 5.00. The Bertz CT molecular complexity index is 299. The Hall–Kier alpha value is -1.88. The number of hydrogen-bond donors (Lipinski definition) is 1. The summed E-state index contributed by atoms with van der Waals surface area (Å²) >= 11 is 0. The van der Waals surface area contributed by atoms with Crippen LogP contribution in [0.25, 0.3) is 0 Å². The Kier molecular flexibility index (Phi) is 1.63. The highest BCUT2D eigenvalue weighted by atomic mass is 15.3. The van der Waals surface area contributed by atoms with E-state index >= 15 is 0 Å². The number of nitrogens with zero attached hydrogens (tertiary/aromatic N) is 4. The summed E-state index contributed by atoms with van der Waals surface area (Å²) in [4.78, 5) is 0. The first-order chi connectivity index (χ1) is 4.88. The fraction of sp³-hybridized carbons (Fsp3) is 0.200. The number of nitrogens with one attached hydrogen (secondary N) is 1. The van der Waals surface area contributed by atoms with Crippen molar-refractivity contribution >= 4 is 0 Å². The van der Waals surface area contributed by atoms with Crippen molar-refractivity contribution in [3.8, 4) is 12.1 Å². The molecule has 1 rings (SSSR count). The first kappa shape index (κ1) is 6.24. The minimum atomic E-state index is 0.124. The summed E-state index contributed by atoms with van der Waals surface area (Å²) in [7, 11) is 0. The Balaban J connectivity index is 2.96. The maximum atomic E-state index is 8.35. The van der Waals surface area contributed by atoms with Gasteiger partial charge in [0.1, 0.15) is 11.8 Å². The van der Waals surface area contributed by atoms with E-state index in [9.17, 15) is 0 Å². The molecule has 5 heteroatoms. The third-order valence-corrected chi connectivity index (χ3v) is 0.973. The molecular formula is C5H3N5. The van der Waals surface area contributed by atoms with Crippen molar-refractivity contribution in [3.63, 3.8) is 0 Å². The molecular weight excluding hydrogens is 130 g/mol. The topological polar surface area (TPSA) is 89.2 Å². The molecule has 0 fully saturated rings. The standard InChI is InChI=1S/C5H3N5/c6-2-1-4-5(3-7)9-10-8-4/h1H2,(H,8,9,10). The van der Waals surface area contributed by atoms with E-state index < -0.39 is 0 Å². The first-order valence-corrected chi connectivity index (χ1v) is 2.55. The summed E-state index contributed by atoms with van der Waals surface area (Å²) in [6.45, 7) is 0. The predicted octanol–water partition coefficient (Wildman–Crippen LogP) is -0.258. The molecule has 0 aliphatic carbocycles. The third kappa shape index (κ3) is 0.932. The van der Waals surface area contributed by atoms with Crippen LogP contribution in [0.1, 0.15) is 11.4 Å². The fourth-order valence-corrected chi connectivity index (χ4v) is 0.540. The van der Waals surface area contributed by atoms with Crippen molar-refractivity contribution in [2.45, 2.75) is 6.42 Å². The predicted molar refractivity (Wildman–Crippen MR) is 30.4 cm³/mol. The zero-order valence-corrected chi connectivity index (χ0v) is 5.00. The summed E-state index contributed by atoms with van der Waals surface area (Å²) in [5, 5.41) is 25.9. The molecule has 0 bridgehead atoms. The van der Waals surface area contributed by atoms with Gasteiger partial charge in [-0.25, -0.2) is 0 Å². The van der Waals surface area contributed by atoms with E-state index in [-0.39, 0.29) is 12.1 Å². The Morgan fingerprint density at radius 3 is 2.80 bits per heavy atom. The number of aromatic nitrogens is 3. The highest BCUT2D eigenvalue weighted by molar-refractivity contribution is 5.25. The third-order valence-electron chi connectivity index (χ3n) is 0.973. The molecule has 0 atom stereocenters. The normalized spacial score (nSPS) is 8.20. The lowest BCUT2D eigenvalue weighted by molar-refractivity contribution is 0.918. The van der Waals surface area contributed by atoms with Gasteiger partial charge in [0.05, 0.1) is 12.5 Å². The van der Waals surface area contributed by atoms with E-state index in [1.807, 2.05) is 6.07 Å². The minimum absolute atomic E-state index is 0.124. The molecule has 0 aliphatic rings. The molecule has 48 valence electrons. The van der Waals surface area contributed by atoms with E-state index in [4.69, 9.17) is 10.5 Å². The van der Waals surface area contributed by atoms with Gasteiger partial charge >= 0.3 is 0 Å². The van der Waals surface area contributed by atoms with Crippen molar-refractivity contribution in [2.75, 3.05) is 0 Å². The highest BCUT2D eigenvalue weighted by Crippen LogP contribution is 1.97. The van der Waals surface area contributed by atoms with Crippen LogP contribution >= 0.6 is 0 Å². The van der Waals surface area contributed by atoms with Gasteiger partial charge in [-0.3, -0.25) is 0 Å². The molecule has 1 aromatic heterocycles. The van der Waals surface area contributed by atoms with E-state index in [2.05, 4.69) is 15.4 Å². The molecule has 1 N–H and O–H groups in total. The van der Waals surface area contributed by atoms with E-state index in [0.29, 0.717) is 5.69 Å². The molecule has 1 heterocycles. The second-order valence-corrected chi connectivity index (χ2v) is 1.57. The van der Waals surface area contributed by atoms with Crippen molar-refractivity contribution in [3.05, 3.63) is 11.4 Å². The summed E-state index contributed by atoms with van der Waals surface area (Å²) in [6.07, 6.45) is 0.124. The number of hydrogen-bond acceptors (Lipinski definition) is 4. The highest BCUT2D eigenvalue weighted by Gasteiger charge is 2.04. The molecule has 5 nitrogen and oxygen atoms in total. The molecule has 10 heavy (non-hydrogen) atoms. The van der Waals surface area contributed by atoms with Crippen LogP contribution < -0.4 is 0 Å². The van der Waals surface area contributed by atoms with Crippen LogP contribution in [0.4, 0.5) is 0 Å². The number of nitriles is 2. The number of H-pyrrole nitrogens is 1. The Labute approximate surface area is 56.9 Å². The quantitative estimate of drug-likeness (QED) is 0.571. The number of rotatable bonds is 1. The summed E-state index contributed by atoms with van der Waals surface area (Å²) in [6, 6.07) is 3.68. The van der Waals surface area contributed by atoms with Gasteiger partial charge in [-0.1, -0.05) is 0 Å². The van der Waals surface area contributed by atoms with Crippen LogP contribution in [-0.2, 0) is 6.42 Å². The molecule has 0 amide bonds. The average molecular weight is 133 g/mol.